The molecule has 6 heteroatoms. The van der Waals surface area contributed by atoms with Gasteiger partial charge >= 0.3 is 5.63 Å². The SMILES string of the molecule is COc1cc2oc(=O)c3c(c2cc1OCCCN1CCN(c2ccccc2)CC1)CCC3. The maximum absolute atomic E-state index is 12.2. The van der Waals surface area contributed by atoms with Crippen molar-refractivity contribution in [1.82, 2.24) is 4.90 Å². The van der Waals surface area contributed by atoms with E-state index in [1.54, 1.807) is 13.2 Å². The van der Waals surface area contributed by atoms with Crippen LogP contribution in [0.15, 0.2) is 51.7 Å². The molecule has 0 amide bonds. The Bertz CT molecular complexity index is 1130. The van der Waals surface area contributed by atoms with Crippen molar-refractivity contribution in [3.63, 3.8) is 0 Å². The quantitative estimate of drug-likeness (QED) is 0.416. The van der Waals surface area contributed by atoms with Crippen molar-refractivity contribution >= 4 is 16.7 Å². The van der Waals surface area contributed by atoms with E-state index in [1.807, 2.05) is 6.07 Å². The highest BCUT2D eigenvalue weighted by molar-refractivity contribution is 5.85. The van der Waals surface area contributed by atoms with E-state index < -0.39 is 0 Å². The Morgan fingerprint density at radius 3 is 2.53 bits per heavy atom. The van der Waals surface area contributed by atoms with Gasteiger partial charge in [-0.2, -0.15) is 0 Å². The number of fused-ring (bicyclic) bond motifs is 3. The summed E-state index contributed by atoms with van der Waals surface area (Å²) >= 11 is 0. The van der Waals surface area contributed by atoms with Gasteiger partial charge in [0.2, 0.25) is 0 Å². The molecular weight excluding hydrogens is 404 g/mol. The first kappa shape index (κ1) is 20.9. The first-order valence-electron chi connectivity index (χ1n) is 11.5. The predicted octanol–water partition coefficient (Wildman–Crippen LogP) is 3.88. The van der Waals surface area contributed by atoms with Crippen molar-refractivity contribution in [2.24, 2.45) is 0 Å². The van der Waals surface area contributed by atoms with Crippen LogP contribution in [0.25, 0.3) is 11.0 Å². The highest BCUT2D eigenvalue weighted by Crippen LogP contribution is 2.36. The number of piperazine rings is 1. The maximum atomic E-state index is 12.2. The first-order valence-corrected chi connectivity index (χ1v) is 11.5. The first-order chi connectivity index (χ1) is 15.7. The van der Waals surface area contributed by atoms with Crippen LogP contribution in [0.2, 0.25) is 0 Å². The third-order valence-electron chi connectivity index (χ3n) is 6.63. The molecule has 0 saturated carbocycles. The van der Waals surface area contributed by atoms with Crippen molar-refractivity contribution < 1.29 is 13.9 Å². The van der Waals surface area contributed by atoms with Gasteiger partial charge in [0.05, 0.1) is 13.7 Å². The average Bonchev–Trinajstić information content (AvgIpc) is 3.34. The fourth-order valence-corrected chi connectivity index (χ4v) is 4.90. The molecule has 0 N–H and O–H groups in total. The lowest BCUT2D eigenvalue weighted by atomic mass is 10.1. The molecule has 1 aromatic heterocycles. The molecule has 2 heterocycles. The monoisotopic (exact) mass is 434 g/mol. The molecule has 168 valence electrons. The van der Waals surface area contributed by atoms with Crippen LogP contribution in [0.3, 0.4) is 0 Å². The molecule has 2 aromatic carbocycles. The van der Waals surface area contributed by atoms with Crippen LogP contribution in [0, 0.1) is 0 Å². The van der Waals surface area contributed by atoms with Gasteiger partial charge in [-0.3, -0.25) is 4.90 Å². The minimum atomic E-state index is -0.215. The highest BCUT2D eigenvalue weighted by Gasteiger charge is 2.22. The van der Waals surface area contributed by atoms with Crippen LogP contribution in [0.4, 0.5) is 5.69 Å². The summed E-state index contributed by atoms with van der Waals surface area (Å²) in [5, 5.41) is 0.977. The minimum Gasteiger partial charge on any atom is -0.493 e. The summed E-state index contributed by atoms with van der Waals surface area (Å²) in [6.45, 7) is 5.89. The number of hydrogen-bond acceptors (Lipinski definition) is 6. The number of benzene rings is 2. The van der Waals surface area contributed by atoms with Crippen molar-refractivity contribution in [1.29, 1.82) is 0 Å². The highest BCUT2D eigenvalue weighted by atomic mass is 16.5. The summed E-state index contributed by atoms with van der Waals surface area (Å²) in [7, 11) is 1.62. The molecule has 0 atom stereocenters. The number of ether oxygens (including phenoxy) is 2. The number of para-hydroxylation sites is 1. The van der Waals surface area contributed by atoms with Crippen molar-refractivity contribution in [2.75, 3.05) is 51.3 Å². The molecule has 0 radical (unpaired) electrons. The molecule has 1 aliphatic carbocycles. The Morgan fingerprint density at radius 1 is 0.969 bits per heavy atom. The zero-order valence-electron chi connectivity index (χ0n) is 18.6. The predicted molar refractivity (Wildman–Crippen MR) is 126 cm³/mol. The average molecular weight is 435 g/mol. The molecule has 32 heavy (non-hydrogen) atoms. The van der Waals surface area contributed by atoms with Crippen LogP contribution in [0.1, 0.15) is 24.0 Å². The molecule has 1 aliphatic heterocycles. The van der Waals surface area contributed by atoms with E-state index in [-0.39, 0.29) is 5.63 Å². The van der Waals surface area contributed by atoms with Crippen molar-refractivity contribution in [2.45, 2.75) is 25.7 Å². The van der Waals surface area contributed by atoms with Gasteiger partial charge in [-0.05, 0) is 49.4 Å². The standard InChI is InChI=1S/C26H30N2O4/c1-30-24-18-23-22(20-9-5-10-21(20)26(29)32-23)17-25(24)31-16-6-11-27-12-14-28(15-13-27)19-7-3-2-4-8-19/h2-4,7-8,17-18H,5-6,9-16H2,1H3. The fourth-order valence-electron chi connectivity index (χ4n) is 4.90. The summed E-state index contributed by atoms with van der Waals surface area (Å²) in [4.78, 5) is 17.2. The molecule has 0 spiro atoms. The number of methoxy groups -OCH3 is 1. The van der Waals surface area contributed by atoms with Crippen LogP contribution in [-0.4, -0.2) is 51.3 Å². The van der Waals surface area contributed by atoms with Crippen molar-refractivity contribution in [3.8, 4) is 11.5 Å². The number of aryl methyl sites for hydroxylation is 1. The zero-order chi connectivity index (χ0) is 21.9. The molecule has 0 unspecified atom stereocenters. The maximum Gasteiger partial charge on any atom is 0.339 e. The topological polar surface area (TPSA) is 55.2 Å². The van der Waals surface area contributed by atoms with Gasteiger partial charge < -0.3 is 18.8 Å². The summed E-state index contributed by atoms with van der Waals surface area (Å²) in [6.07, 6.45) is 3.67. The number of nitrogens with zero attached hydrogens (tertiary/aromatic N) is 2. The molecule has 1 fully saturated rings. The largest absolute Gasteiger partial charge is 0.493 e. The van der Waals surface area contributed by atoms with Gasteiger partial charge in [-0.25, -0.2) is 4.79 Å². The van der Waals surface area contributed by atoms with E-state index in [4.69, 9.17) is 13.9 Å². The van der Waals surface area contributed by atoms with Gasteiger partial charge in [0, 0.05) is 55.4 Å². The van der Waals surface area contributed by atoms with E-state index in [0.29, 0.717) is 17.9 Å². The van der Waals surface area contributed by atoms with Crippen LogP contribution < -0.4 is 20.0 Å². The third kappa shape index (κ3) is 4.19. The van der Waals surface area contributed by atoms with Crippen LogP contribution in [-0.2, 0) is 12.8 Å². The van der Waals surface area contributed by atoms with Gasteiger partial charge in [-0.1, -0.05) is 18.2 Å². The minimum absolute atomic E-state index is 0.215. The van der Waals surface area contributed by atoms with E-state index in [9.17, 15) is 4.79 Å². The van der Waals surface area contributed by atoms with Crippen molar-refractivity contribution in [3.05, 3.63) is 64.0 Å². The molecule has 0 bridgehead atoms. The molecule has 3 aromatic rings. The smallest absolute Gasteiger partial charge is 0.339 e. The molecule has 1 saturated heterocycles. The summed E-state index contributed by atoms with van der Waals surface area (Å²) in [5.74, 6) is 1.33. The Labute approximate surface area is 188 Å². The summed E-state index contributed by atoms with van der Waals surface area (Å²) < 4.78 is 17.2. The van der Waals surface area contributed by atoms with E-state index in [0.717, 1.165) is 80.7 Å². The number of rotatable bonds is 7. The van der Waals surface area contributed by atoms with E-state index >= 15 is 0 Å². The van der Waals surface area contributed by atoms with Gasteiger partial charge in [0.1, 0.15) is 5.58 Å². The van der Waals surface area contributed by atoms with Crippen LogP contribution in [0.5, 0.6) is 11.5 Å². The van der Waals surface area contributed by atoms with E-state index in [2.05, 4.69) is 40.1 Å². The molecule has 5 rings (SSSR count). The van der Waals surface area contributed by atoms with Gasteiger partial charge in [-0.15, -0.1) is 0 Å². The van der Waals surface area contributed by atoms with Gasteiger partial charge in [0.15, 0.2) is 11.5 Å². The number of anilines is 1. The van der Waals surface area contributed by atoms with Gasteiger partial charge in [0.25, 0.3) is 0 Å². The van der Waals surface area contributed by atoms with Crippen LogP contribution >= 0.6 is 0 Å². The molecule has 6 nitrogen and oxygen atoms in total. The normalized spacial score (nSPS) is 16.3. The lowest BCUT2D eigenvalue weighted by molar-refractivity contribution is 0.221. The second kappa shape index (κ2) is 9.25. The second-order valence-corrected chi connectivity index (χ2v) is 8.57. The summed E-state index contributed by atoms with van der Waals surface area (Å²) in [6, 6.07) is 14.4. The van der Waals surface area contributed by atoms with E-state index in [1.165, 1.54) is 5.69 Å². The lowest BCUT2D eigenvalue weighted by Gasteiger charge is -2.36. The number of hydrogen-bond donors (Lipinski definition) is 0. The molecular formula is C26H30N2O4. The Kier molecular flexibility index (Phi) is 6.04. The fraction of sp³-hybridized carbons (Fsp3) is 0.423. The Balaban J connectivity index is 1.18. The third-order valence-corrected chi connectivity index (χ3v) is 6.63. The Morgan fingerprint density at radius 2 is 1.75 bits per heavy atom. The lowest BCUT2D eigenvalue weighted by Crippen LogP contribution is -2.46. The second-order valence-electron chi connectivity index (χ2n) is 8.57. The zero-order valence-corrected chi connectivity index (χ0v) is 18.6. The summed E-state index contributed by atoms with van der Waals surface area (Å²) in [5.41, 5.74) is 3.61. The molecule has 2 aliphatic rings. The Hall–Kier alpha value is -2.99.